The van der Waals surface area contributed by atoms with E-state index in [0.717, 1.165) is 107 Å². The lowest BCUT2D eigenvalue weighted by Crippen LogP contribution is -2.51. The van der Waals surface area contributed by atoms with E-state index in [2.05, 4.69) is 20.4 Å². The van der Waals surface area contributed by atoms with Crippen molar-refractivity contribution in [3.63, 3.8) is 0 Å². The molecule has 6 fully saturated rings. The Kier molecular flexibility index (Phi) is 6.48. The molecule has 2 heterocycles. The molecule has 6 aliphatic rings. The van der Waals surface area contributed by atoms with Crippen molar-refractivity contribution in [1.29, 1.82) is 0 Å². The van der Waals surface area contributed by atoms with Gasteiger partial charge in [-0.15, -0.1) is 0 Å². The zero-order valence-electron chi connectivity index (χ0n) is 20.9. The standard InChI is InChI=1S/C28H40N4O3/c33-26(29-5-8-31-9-11-35-12-10-31)24-16-23(3-4-25(24)32-6-1-2-7-32)30-27(34)28-17-20-13-21(18-28)15-22(14-20)19-28/h3-4,16,20-22H,1-2,5-15,17-19H2,(H,29,33)(H,30,34). The van der Waals surface area contributed by atoms with Crippen LogP contribution >= 0.6 is 0 Å². The minimum Gasteiger partial charge on any atom is -0.379 e. The van der Waals surface area contributed by atoms with Crippen LogP contribution in [-0.4, -0.2) is 69.2 Å². The van der Waals surface area contributed by atoms with Gasteiger partial charge in [0.2, 0.25) is 5.91 Å². The molecule has 4 saturated carbocycles. The molecule has 0 atom stereocenters. The summed E-state index contributed by atoms with van der Waals surface area (Å²) in [6.07, 6.45) is 9.43. The maximum atomic E-state index is 13.6. The number of nitrogens with zero attached hydrogens (tertiary/aromatic N) is 2. The normalized spacial score (nSPS) is 32.1. The number of carbonyl (C=O) groups excluding carboxylic acids is 2. The molecule has 7 heteroatoms. The van der Waals surface area contributed by atoms with Gasteiger partial charge in [-0.25, -0.2) is 0 Å². The molecule has 0 radical (unpaired) electrons. The minimum absolute atomic E-state index is 0.0499. The van der Waals surface area contributed by atoms with E-state index in [0.29, 0.717) is 12.1 Å². The molecule has 7 rings (SSSR count). The number of nitrogens with one attached hydrogen (secondary N) is 2. The van der Waals surface area contributed by atoms with Crippen LogP contribution in [0, 0.1) is 23.2 Å². The summed E-state index contributed by atoms with van der Waals surface area (Å²) < 4.78 is 5.42. The van der Waals surface area contributed by atoms with Crippen LogP contribution in [0.5, 0.6) is 0 Å². The number of carbonyl (C=O) groups is 2. The van der Waals surface area contributed by atoms with Gasteiger partial charge in [0.05, 0.1) is 24.2 Å². The number of anilines is 2. The highest BCUT2D eigenvalue weighted by Crippen LogP contribution is 2.60. The molecular formula is C28H40N4O3. The van der Waals surface area contributed by atoms with E-state index in [1.165, 1.54) is 19.3 Å². The monoisotopic (exact) mass is 480 g/mol. The molecule has 1 aromatic carbocycles. The molecule has 1 aromatic rings. The zero-order chi connectivity index (χ0) is 23.8. The Labute approximate surface area is 208 Å². The Bertz CT molecular complexity index is 916. The topological polar surface area (TPSA) is 73.9 Å². The summed E-state index contributed by atoms with van der Waals surface area (Å²) >= 11 is 0. The van der Waals surface area contributed by atoms with Gasteiger partial charge in [-0.3, -0.25) is 14.5 Å². The third-order valence-corrected chi connectivity index (χ3v) is 9.28. The van der Waals surface area contributed by atoms with Gasteiger partial charge in [-0.1, -0.05) is 0 Å². The highest BCUT2D eigenvalue weighted by molar-refractivity contribution is 6.03. The van der Waals surface area contributed by atoms with Crippen LogP contribution in [0.1, 0.15) is 61.7 Å². The first-order valence-corrected chi connectivity index (χ1v) is 13.9. The lowest BCUT2D eigenvalue weighted by Gasteiger charge is -2.55. The molecule has 0 aromatic heterocycles. The fourth-order valence-electron chi connectivity index (χ4n) is 7.93. The van der Waals surface area contributed by atoms with Gasteiger partial charge in [0, 0.05) is 50.6 Å². The second-order valence-corrected chi connectivity index (χ2v) is 11.8. The van der Waals surface area contributed by atoms with Gasteiger partial charge in [0.15, 0.2) is 0 Å². The largest absolute Gasteiger partial charge is 0.379 e. The highest BCUT2D eigenvalue weighted by atomic mass is 16.5. The van der Waals surface area contributed by atoms with Crippen molar-refractivity contribution < 1.29 is 14.3 Å². The molecular weight excluding hydrogens is 440 g/mol. The van der Waals surface area contributed by atoms with E-state index < -0.39 is 0 Å². The highest BCUT2D eigenvalue weighted by Gasteiger charge is 2.54. The van der Waals surface area contributed by atoms with Gasteiger partial charge >= 0.3 is 0 Å². The fraction of sp³-hybridized carbons (Fsp3) is 0.714. The predicted molar refractivity (Wildman–Crippen MR) is 137 cm³/mol. The lowest BCUT2D eigenvalue weighted by molar-refractivity contribution is -0.140. The van der Waals surface area contributed by atoms with E-state index in [-0.39, 0.29) is 17.2 Å². The number of hydrogen-bond donors (Lipinski definition) is 2. The van der Waals surface area contributed by atoms with E-state index in [4.69, 9.17) is 4.74 Å². The first-order chi connectivity index (χ1) is 17.1. The van der Waals surface area contributed by atoms with Crippen LogP contribution in [-0.2, 0) is 9.53 Å². The summed E-state index contributed by atoms with van der Waals surface area (Å²) in [4.78, 5) is 31.6. The van der Waals surface area contributed by atoms with E-state index in [1.807, 2.05) is 18.2 Å². The Morgan fingerprint density at radius 2 is 1.60 bits per heavy atom. The van der Waals surface area contributed by atoms with Gasteiger partial charge < -0.3 is 20.3 Å². The van der Waals surface area contributed by atoms with E-state index in [1.54, 1.807) is 0 Å². The van der Waals surface area contributed by atoms with Crippen molar-refractivity contribution >= 4 is 23.2 Å². The molecule has 190 valence electrons. The zero-order valence-corrected chi connectivity index (χ0v) is 20.9. The number of benzene rings is 1. The number of rotatable bonds is 7. The van der Waals surface area contributed by atoms with Crippen molar-refractivity contribution in [3.05, 3.63) is 23.8 Å². The second kappa shape index (κ2) is 9.74. The number of amides is 2. The molecule has 7 nitrogen and oxygen atoms in total. The van der Waals surface area contributed by atoms with Crippen molar-refractivity contribution in [2.24, 2.45) is 23.2 Å². The lowest BCUT2D eigenvalue weighted by atomic mass is 9.49. The van der Waals surface area contributed by atoms with E-state index >= 15 is 0 Å². The molecule has 35 heavy (non-hydrogen) atoms. The van der Waals surface area contributed by atoms with Crippen LogP contribution in [0.25, 0.3) is 0 Å². The average molecular weight is 481 g/mol. The van der Waals surface area contributed by atoms with Crippen molar-refractivity contribution in [2.75, 3.05) is 62.7 Å². The Morgan fingerprint density at radius 1 is 0.943 bits per heavy atom. The van der Waals surface area contributed by atoms with Gasteiger partial charge in [0.1, 0.15) is 0 Å². The maximum Gasteiger partial charge on any atom is 0.253 e. The smallest absolute Gasteiger partial charge is 0.253 e. The third kappa shape index (κ3) is 4.82. The predicted octanol–water partition coefficient (Wildman–Crippen LogP) is 3.50. The Balaban J connectivity index is 1.16. The molecule has 4 bridgehead atoms. The van der Waals surface area contributed by atoms with Crippen molar-refractivity contribution in [2.45, 2.75) is 51.4 Å². The summed E-state index contributed by atoms with van der Waals surface area (Å²) in [5.41, 5.74) is 2.23. The molecule has 2 N–H and O–H groups in total. The first kappa shape index (κ1) is 23.3. The molecule has 2 aliphatic heterocycles. The Hall–Kier alpha value is -2.12. The summed E-state index contributed by atoms with van der Waals surface area (Å²) in [6.45, 7) is 6.76. The molecule has 2 amide bonds. The summed E-state index contributed by atoms with van der Waals surface area (Å²) in [5.74, 6) is 2.34. The SMILES string of the molecule is O=C(NCCN1CCOCC1)c1cc(NC(=O)C23CC4CC(CC(C4)C2)C3)ccc1N1CCCC1. The first-order valence-electron chi connectivity index (χ1n) is 13.9. The molecule has 4 aliphatic carbocycles. The number of morpholine rings is 1. The van der Waals surface area contributed by atoms with Crippen molar-refractivity contribution in [1.82, 2.24) is 10.2 Å². The number of hydrogen-bond acceptors (Lipinski definition) is 5. The van der Waals surface area contributed by atoms with Crippen molar-refractivity contribution in [3.8, 4) is 0 Å². The third-order valence-electron chi connectivity index (χ3n) is 9.28. The van der Waals surface area contributed by atoms with E-state index in [9.17, 15) is 9.59 Å². The molecule has 0 unspecified atom stereocenters. The van der Waals surface area contributed by atoms with Gasteiger partial charge in [-0.2, -0.15) is 0 Å². The Morgan fingerprint density at radius 3 is 2.26 bits per heavy atom. The second-order valence-electron chi connectivity index (χ2n) is 11.8. The van der Waals surface area contributed by atoms with Crippen LogP contribution < -0.4 is 15.5 Å². The fourth-order valence-corrected chi connectivity index (χ4v) is 7.93. The molecule has 0 spiro atoms. The van der Waals surface area contributed by atoms with Crippen LogP contribution in [0.15, 0.2) is 18.2 Å². The maximum absolute atomic E-state index is 13.6. The quantitative estimate of drug-likeness (QED) is 0.625. The summed E-state index contributed by atoms with van der Waals surface area (Å²) in [5, 5.41) is 6.40. The van der Waals surface area contributed by atoms with Crippen LogP contribution in [0.2, 0.25) is 0 Å². The van der Waals surface area contributed by atoms with Gasteiger partial charge in [-0.05, 0) is 87.3 Å². The summed E-state index contributed by atoms with van der Waals surface area (Å²) in [6, 6.07) is 5.95. The number of ether oxygens (including phenoxy) is 1. The van der Waals surface area contributed by atoms with Crippen LogP contribution in [0.4, 0.5) is 11.4 Å². The summed E-state index contributed by atoms with van der Waals surface area (Å²) in [7, 11) is 0. The van der Waals surface area contributed by atoms with Gasteiger partial charge in [0.25, 0.3) is 5.91 Å². The minimum atomic E-state index is -0.192. The molecule has 2 saturated heterocycles. The van der Waals surface area contributed by atoms with Crippen LogP contribution in [0.3, 0.4) is 0 Å². The average Bonchev–Trinajstić information content (AvgIpc) is 3.39.